The van der Waals surface area contributed by atoms with Crippen LogP contribution in [0.3, 0.4) is 0 Å². The van der Waals surface area contributed by atoms with Crippen LogP contribution < -0.4 is 10.1 Å². The molecular weight excluding hydrogens is 336 g/mol. The van der Waals surface area contributed by atoms with Gasteiger partial charge in [0.1, 0.15) is 12.3 Å². The standard InChI is InChI=1S/C18H22N4O4/c1-26-16-7-3-2-6-15(16)19-18(25)21-9-4-5-13(11-21)14-8-10-22(20-14)12-17(23)24/h2-3,6-8,10,13H,4-5,9,11-12H2,1H3,(H,19,25)(H,23,24). The number of likely N-dealkylation sites (tertiary alicyclic amines) is 1. The van der Waals surface area contributed by atoms with Gasteiger partial charge in [-0.05, 0) is 31.0 Å². The van der Waals surface area contributed by atoms with Crippen LogP contribution in [0.1, 0.15) is 24.5 Å². The van der Waals surface area contributed by atoms with Crippen molar-refractivity contribution >= 4 is 17.7 Å². The highest BCUT2D eigenvalue weighted by atomic mass is 16.5. The minimum Gasteiger partial charge on any atom is -0.495 e. The van der Waals surface area contributed by atoms with Crippen molar-refractivity contribution in [2.24, 2.45) is 0 Å². The molecule has 8 nitrogen and oxygen atoms in total. The van der Waals surface area contributed by atoms with Gasteiger partial charge in [-0.3, -0.25) is 9.48 Å². The summed E-state index contributed by atoms with van der Waals surface area (Å²) in [6.45, 7) is 1.06. The Labute approximate surface area is 151 Å². The number of rotatable bonds is 5. The van der Waals surface area contributed by atoms with Gasteiger partial charge >= 0.3 is 12.0 Å². The lowest BCUT2D eigenvalue weighted by atomic mass is 9.95. The van der Waals surface area contributed by atoms with E-state index in [9.17, 15) is 9.59 Å². The van der Waals surface area contributed by atoms with Crippen LogP contribution in [0.15, 0.2) is 36.5 Å². The number of urea groups is 1. The summed E-state index contributed by atoms with van der Waals surface area (Å²) in [6, 6.07) is 8.93. The number of ether oxygens (including phenoxy) is 1. The zero-order chi connectivity index (χ0) is 18.5. The third-order valence-electron chi connectivity index (χ3n) is 4.43. The monoisotopic (exact) mass is 358 g/mol. The van der Waals surface area contributed by atoms with Crippen molar-refractivity contribution in [2.75, 3.05) is 25.5 Å². The number of carbonyl (C=O) groups excluding carboxylic acids is 1. The maximum atomic E-state index is 12.6. The minimum atomic E-state index is -0.930. The van der Waals surface area contributed by atoms with Crippen molar-refractivity contribution in [1.29, 1.82) is 0 Å². The molecule has 1 aliphatic heterocycles. The Kier molecular flexibility index (Phi) is 5.40. The molecule has 0 bridgehead atoms. The molecular formula is C18H22N4O4. The molecule has 2 N–H and O–H groups in total. The summed E-state index contributed by atoms with van der Waals surface area (Å²) < 4.78 is 6.67. The summed E-state index contributed by atoms with van der Waals surface area (Å²) >= 11 is 0. The number of nitrogens with one attached hydrogen (secondary N) is 1. The van der Waals surface area contributed by atoms with Gasteiger partial charge < -0.3 is 20.1 Å². The summed E-state index contributed by atoms with van der Waals surface area (Å²) in [7, 11) is 1.56. The van der Waals surface area contributed by atoms with Crippen molar-refractivity contribution in [3.8, 4) is 5.75 Å². The quantitative estimate of drug-likeness (QED) is 0.855. The smallest absolute Gasteiger partial charge is 0.325 e. The summed E-state index contributed by atoms with van der Waals surface area (Å²) in [4.78, 5) is 25.2. The molecule has 1 unspecified atom stereocenters. The van der Waals surface area contributed by atoms with Gasteiger partial charge in [0.2, 0.25) is 0 Å². The molecule has 138 valence electrons. The van der Waals surface area contributed by atoms with Crippen LogP contribution in [0.4, 0.5) is 10.5 Å². The van der Waals surface area contributed by atoms with Crippen LogP contribution in [0.2, 0.25) is 0 Å². The SMILES string of the molecule is COc1ccccc1NC(=O)N1CCCC(c2ccn(CC(=O)O)n2)C1. The van der Waals surface area contributed by atoms with Crippen molar-refractivity contribution in [2.45, 2.75) is 25.3 Å². The zero-order valence-corrected chi connectivity index (χ0v) is 14.6. The average Bonchev–Trinajstić information content (AvgIpc) is 3.10. The molecule has 1 atom stereocenters. The Hall–Kier alpha value is -3.03. The number of aromatic nitrogens is 2. The lowest BCUT2D eigenvalue weighted by molar-refractivity contribution is -0.137. The molecule has 0 radical (unpaired) electrons. The fraction of sp³-hybridized carbons (Fsp3) is 0.389. The molecule has 0 spiro atoms. The van der Waals surface area contributed by atoms with E-state index in [0.29, 0.717) is 24.5 Å². The van der Waals surface area contributed by atoms with E-state index in [1.165, 1.54) is 4.68 Å². The van der Waals surface area contributed by atoms with E-state index in [1.807, 2.05) is 18.2 Å². The Morgan fingerprint density at radius 2 is 2.15 bits per heavy atom. The Bertz CT molecular complexity index is 789. The number of anilines is 1. The number of carboxylic acids is 1. The Balaban J connectivity index is 1.65. The molecule has 3 rings (SSSR count). The number of hydrogen-bond donors (Lipinski definition) is 2. The van der Waals surface area contributed by atoms with Crippen molar-refractivity contribution in [3.63, 3.8) is 0 Å². The van der Waals surface area contributed by atoms with Gasteiger partial charge in [-0.25, -0.2) is 4.79 Å². The molecule has 1 aromatic heterocycles. The second-order valence-electron chi connectivity index (χ2n) is 6.25. The summed E-state index contributed by atoms with van der Waals surface area (Å²) in [5.74, 6) is -0.217. The first-order valence-electron chi connectivity index (χ1n) is 8.51. The summed E-state index contributed by atoms with van der Waals surface area (Å²) in [5.41, 5.74) is 1.45. The van der Waals surface area contributed by atoms with Gasteiger partial charge in [0.05, 0.1) is 18.5 Å². The van der Waals surface area contributed by atoms with E-state index in [1.54, 1.807) is 30.3 Å². The molecule has 2 amide bonds. The van der Waals surface area contributed by atoms with Gasteiger partial charge in [0, 0.05) is 25.2 Å². The summed E-state index contributed by atoms with van der Waals surface area (Å²) in [5, 5.41) is 16.1. The van der Waals surface area contributed by atoms with Crippen molar-refractivity contribution < 1.29 is 19.4 Å². The van der Waals surface area contributed by atoms with E-state index < -0.39 is 5.97 Å². The van der Waals surface area contributed by atoms with Crippen LogP contribution >= 0.6 is 0 Å². The molecule has 26 heavy (non-hydrogen) atoms. The molecule has 1 aliphatic rings. The topological polar surface area (TPSA) is 96.7 Å². The second-order valence-corrected chi connectivity index (χ2v) is 6.25. The molecule has 0 saturated carbocycles. The third kappa shape index (κ3) is 4.14. The van der Waals surface area contributed by atoms with Crippen molar-refractivity contribution in [3.05, 3.63) is 42.2 Å². The van der Waals surface area contributed by atoms with Gasteiger partial charge in [-0.15, -0.1) is 0 Å². The first-order chi connectivity index (χ1) is 12.6. The maximum absolute atomic E-state index is 12.6. The molecule has 1 fully saturated rings. The molecule has 8 heteroatoms. The lowest BCUT2D eigenvalue weighted by Gasteiger charge is -2.32. The normalized spacial score (nSPS) is 17.0. The highest BCUT2D eigenvalue weighted by Crippen LogP contribution is 2.27. The van der Waals surface area contributed by atoms with E-state index in [0.717, 1.165) is 18.5 Å². The highest BCUT2D eigenvalue weighted by Gasteiger charge is 2.26. The van der Waals surface area contributed by atoms with Gasteiger partial charge in [-0.1, -0.05) is 12.1 Å². The molecule has 0 aliphatic carbocycles. The van der Waals surface area contributed by atoms with Crippen LogP contribution in [0.25, 0.3) is 0 Å². The van der Waals surface area contributed by atoms with Crippen molar-refractivity contribution in [1.82, 2.24) is 14.7 Å². The number of amides is 2. The first kappa shape index (κ1) is 17.8. The molecule has 1 aromatic carbocycles. The number of para-hydroxylation sites is 2. The number of benzene rings is 1. The predicted octanol–water partition coefficient (Wildman–Crippen LogP) is 2.39. The van der Waals surface area contributed by atoms with E-state index >= 15 is 0 Å². The van der Waals surface area contributed by atoms with Gasteiger partial charge in [0.25, 0.3) is 0 Å². The number of piperidine rings is 1. The molecule has 2 aromatic rings. The maximum Gasteiger partial charge on any atom is 0.325 e. The minimum absolute atomic E-state index is 0.0993. The molecule has 2 heterocycles. The van der Waals surface area contributed by atoms with E-state index in [2.05, 4.69) is 10.4 Å². The summed E-state index contributed by atoms with van der Waals surface area (Å²) in [6.07, 6.45) is 3.45. The third-order valence-corrected chi connectivity index (χ3v) is 4.43. The number of hydrogen-bond acceptors (Lipinski definition) is 4. The van der Waals surface area contributed by atoms with Crippen LogP contribution in [-0.2, 0) is 11.3 Å². The van der Waals surface area contributed by atoms with Gasteiger partial charge in [0.15, 0.2) is 0 Å². The van der Waals surface area contributed by atoms with E-state index in [-0.39, 0.29) is 18.5 Å². The second kappa shape index (κ2) is 7.90. The van der Waals surface area contributed by atoms with Crippen LogP contribution in [0, 0.1) is 0 Å². The fourth-order valence-electron chi connectivity index (χ4n) is 3.17. The van der Waals surface area contributed by atoms with Crippen LogP contribution in [-0.4, -0.2) is 52.0 Å². The lowest BCUT2D eigenvalue weighted by Crippen LogP contribution is -2.41. The first-order valence-corrected chi connectivity index (χ1v) is 8.51. The van der Waals surface area contributed by atoms with Gasteiger partial charge in [-0.2, -0.15) is 5.10 Å². The number of aliphatic carboxylic acids is 1. The van der Waals surface area contributed by atoms with E-state index in [4.69, 9.17) is 9.84 Å². The highest BCUT2D eigenvalue weighted by molar-refractivity contribution is 5.91. The Morgan fingerprint density at radius 1 is 1.35 bits per heavy atom. The average molecular weight is 358 g/mol. The zero-order valence-electron chi connectivity index (χ0n) is 14.6. The fourth-order valence-corrected chi connectivity index (χ4v) is 3.17. The van der Waals surface area contributed by atoms with Crippen LogP contribution in [0.5, 0.6) is 5.75 Å². The largest absolute Gasteiger partial charge is 0.495 e. The number of nitrogens with zero attached hydrogens (tertiary/aromatic N) is 3. The number of carbonyl (C=O) groups is 2. The number of methoxy groups -OCH3 is 1. The predicted molar refractivity (Wildman–Crippen MR) is 95.4 cm³/mol. The number of carboxylic acid groups (broad SMARTS) is 1. The Morgan fingerprint density at radius 3 is 2.92 bits per heavy atom. The molecule has 1 saturated heterocycles.